The van der Waals surface area contributed by atoms with Gasteiger partial charge in [-0.15, -0.1) is 0 Å². The predicted molar refractivity (Wildman–Crippen MR) is 108 cm³/mol. The third-order valence-electron chi connectivity index (χ3n) is 5.11. The van der Waals surface area contributed by atoms with Crippen molar-refractivity contribution in [3.05, 3.63) is 58.1 Å². The first-order valence-electron chi connectivity index (χ1n) is 9.25. The Morgan fingerprint density at radius 3 is 2.50 bits per heavy atom. The monoisotopic (exact) mass is 397 g/mol. The Kier molecular flexibility index (Phi) is 4.81. The number of aryl methyl sites for hydroxylation is 1. The Hall–Kier alpha value is -2.86. The summed E-state index contributed by atoms with van der Waals surface area (Å²) in [7, 11) is 0. The molecular weight excluding hydrogens is 378 g/mol. The van der Waals surface area contributed by atoms with Crippen LogP contribution in [0.1, 0.15) is 39.1 Å². The fraction of sp³-hybridized carbons (Fsp3) is 0.286. The molecule has 0 spiro atoms. The number of carbonyl (C=O) groups excluding carboxylic acids is 3. The van der Waals surface area contributed by atoms with Gasteiger partial charge in [0.1, 0.15) is 6.54 Å². The van der Waals surface area contributed by atoms with E-state index >= 15 is 0 Å². The fourth-order valence-corrected chi connectivity index (χ4v) is 3.90. The van der Waals surface area contributed by atoms with Crippen LogP contribution in [0.4, 0.5) is 11.4 Å². The van der Waals surface area contributed by atoms with Crippen LogP contribution >= 0.6 is 11.6 Å². The standard InChI is InChI=1S/C21H20ClN3O3/c1-13-4-6-15-16(10-13)21(28)25(20(15)27)12-19(26)23-17-11-14(22)5-7-18(17)24-8-2-3-9-24/h4-7,10-11H,2-3,8-9,12H2,1H3,(H,23,26). The largest absolute Gasteiger partial charge is 0.370 e. The highest BCUT2D eigenvalue weighted by Gasteiger charge is 2.36. The molecule has 28 heavy (non-hydrogen) atoms. The highest BCUT2D eigenvalue weighted by Crippen LogP contribution is 2.32. The van der Waals surface area contributed by atoms with Crippen molar-refractivity contribution in [3.8, 4) is 0 Å². The summed E-state index contributed by atoms with van der Waals surface area (Å²) in [5.74, 6) is -1.32. The molecule has 7 heteroatoms. The van der Waals surface area contributed by atoms with Crippen LogP contribution in [-0.2, 0) is 4.79 Å². The van der Waals surface area contributed by atoms with Crippen LogP contribution in [0.5, 0.6) is 0 Å². The SMILES string of the molecule is Cc1ccc2c(c1)C(=O)N(CC(=O)Nc1cc(Cl)ccc1N1CCCC1)C2=O. The van der Waals surface area contributed by atoms with Crippen molar-refractivity contribution in [2.75, 3.05) is 29.9 Å². The molecule has 0 bridgehead atoms. The van der Waals surface area contributed by atoms with E-state index in [1.165, 1.54) is 0 Å². The lowest BCUT2D eigenvalue weighted by Gasteiger charge is -2.22. The number of fused-ring (bicyclic) bond motifs is 1. The van der Waals surface area contributed by atoms with Gasteiger partial charge in [-0.3, -0.25) is 19.3 Å². The minimum absolute atomic E-state index is 0.336. The van der Waals surface area contributed by atoms with Gasteiger partial charge in [0.25, 0.3) is 11.8 Å². The smallest absolute Gasteiger partial charge is 0.262 e. The third kappa shape index (κ3) is 3.36. The van der Waals surface area contributed by atoms with Gasteiger partial charge in [0, 0.05) is 18.1 Å². The molecule has 3 amide bonds. The number of rotatable bonds is 4. The zero-order valence-electron chi connectivity index (χ0n) is 15.5. The van der Waals surface area contributed by atoms with Gasteiger partial charge in [-0.05, 0) is 50.1 Å². The molecule has 0 atom stereocenters. The van der Waals surface area contributed by atoms with E-state index in [4.69, 9.17) is 11.6 Å². The molecule has 0 aromatic heterocycles. The van der Waals surface area contributed by atoms with Crippen LogP contribution in [0.15, 0.2) is 36.4 Å². The summed E-state index contributed by atoms with van der Waals surface area (Å²) in [6, 6.07) is 10.5. The zero-order valence-corrected chi connectivity index (χ0v) is 16.3. The van der Waals surface area contributed by atoms with Crippen LogP contribution in [0.2, 0.25) is 5.02 Å². The molecule has 4 rings (SSSR count). The molecule has 1 fully saturated rings. The van der Waals surface area contributed by atoms with Gasteiger partial charge >= 0.3 is 0 Å². The van der Waals surface area contributed by atoms with E-state index < -0.39 is 17.7 Å². The van der Waals surface area contributed by atoms with Crippen LogP contribution in [-0.4, -0.2) is 42.3 Å². The van der Waals surface area contributed by atoms with E-state index in [1.54, 1.807) is 30.3 Å². The summed E-state index contributed by atoms with van der Waals surface area (Å²) in [5.41, 5.74) is 3.06. The summed E-state index contributed by atoms with van der Waals surface area (Å²) in [6.45, 7) is 3.36. The van der Waals surface area contributed by atoms with E-state index in [0.717, 1.165) is 42.1 Å². The average molecular weight is 398 g/mol. The minimum Gasteiger partial charge on any atom is -0.370 e. The van der Waals surface area contributed by atoms with Gasteiger partial charge in [-0.25, -0.2) is 0 Å². The molecular formula is C21H20ClN3O3. The van der Waals surface area contributed by atoms with Gasteiger partial charge in [-0.1, -0.05) is 23.2 Å². The molecule has 2 aliphatic rings. The molecule has 0 unspecified atom stereocenters. The van der Waals surface area contributed by atoms with Gasteiger partial charge in [0.2, 0.25) is 5.91 Å². The van der Waals surface area contributed by atoms with E-state index in [2.05, 4.69) is 10.2 Å². The molecule has 0 radical (unpaired) electrons. The molecule has 144 valence electrons. The number of anilines is 2. The molecule has 6 nitrogen and oxygen atoms in total. The first kappa shape index (κ1) is 18.5. The molecule has 1 saturated heterocycles. The lowest BCUT2D eigenvalue weighted by atomic mass is 10.1. The number of imide groups is 1. The number of nitrogens with one attached hydrogen (secondary N) is 1. The maximum Gasteiger partial charge on any atom is 0.262 e. The number of hydrogen-bond donors (Lipinski definition) is 1. The number of carbonyl (C=O) groups is 3. The van der Waals surface area contributed by atoms with Gasteiger partial charge in [0.05, 0.1) is 22.5 Å². The van der Waals surface area contributed by atoms with E-state index in [-0.39, 0.29) is 6.54 Å². The second-order valence-electron chi connectivity index (χ2n) is 7.15. The van der Waals surface area contributed by atoms with Crippen molar-refractivity contribution >= 4 is 40.7 Å². The summed E-state index contributed by atoms with van der Waals surface area (Å²) < 4.78 is 0. The van der Waals surface area contributed by atoms with Crippen molar-refractivity contribution in [2.45, 2.75) is 19.8 Å². The molecule has 0 saturated carbocycles. The van der Waals surface area contributed by atoms with Crippen LogP contribution in [0, 0.1) is 6.92 Å². The van der Waals surface area contributed by atoms with Crippen molar-refractivity contribution in [3.63, 3.8) is 0 Å². The molecule has 2 heterocycles. The summed E-state index contributed by atoms with van der Waals surface area (Å²) >= 11 is 6.11. The van der Waals surface area contributed by atoms with Crippen LogP contribution in [0.25, 0.3) is 0 Å². The van der Waals surface area contributed by atoms with Crippen molar-refractivity contribution < 1.29 is 14.4 Å². The first-order chi connectivity index (χ1) is 13.4. The zero-order chi connectivity index (χ0) is 19.8. The second kappa shape index (κ2) is 7.28. The predicted octanol–water partition coefficient (Wildman–Crippen LogP) is 3.48. The Morgan fingerprint density at radius 1 is 1.04 bits per heavy atom. The molecule has 2 aromatic carbocycles. The highest BCUT2D eigenvalue weighted by molar-refractivity contribution is 6.31. The molecule has 2 aliphatic heterocycles. The average Bonchev–Trinajstić information content (AvgIpc) is 3.26. The van der Waals surface area contributed by atoms with Crippen molar-refractivity contribution in [1.29, 1.82) is 0 Å². The topological polar surface area (TPSA) is 69.7 Å². The Labute approximate surface area is 168 Å². The fourth-order valence-electron chi connectivity index (χ4n) is 3.72. The number of benzene rings is 2. The van der Waals surface area contributed by atoms with E-state index in [9.17, 15) is 14.4 Å². The number of hydrogen-bond acceptors (Lipinski definition) is 4. The van der Waals surface area contributed by atoms with E-state index in [0.29, 0.717) is 21.8 Å². The first-order valence-corrected chi connectivity index (χ1v) is 9.63. The van der Waals surface area contributed by atoms with E-state index in [1.807, 2.05) is 13.0 Å². The third-order valence-corrected chi connectivity index (χ3v) is 5.34. The van der Waals surface area contributed by atoms with Gasteiger partial charge in [0.15, 0.2) is 0 Å². The molecule has 1 N–H and O–H groups in total. The minimum atomic E-state index is -0.444. The van der Waals surface area contributed by atoms with Gasteiger partial charge < -0.3 is 10.2 Å². The highest BCUT2D eigenvalue weighted by atomic mass is 35.5. The Bertz CT molecular complexity index is 983. The molecule has 2 aromatic rings. The van der Waals surface area contributed by atoms with Gasteiger partial charge in [-0.2, -0.15) is 0 Å². The lowest BCUT2D eigenvalue weighted by molar-refractivity contribution is -0.116. The lowest BCUT2D eigenvalue weighted by Crippen LogP contribution is -2.37. The maximum atomic E-state index is 12.6. The van der Waals surface area contributed by atoms with Crippen LogP contribution in [0.3, 0.4) is 0 Å². The normalized spacial score (nSPS) is 15.9. The number of amides is 3. The number of halogens is 1. The molecule has 0 aliphatic carbocycles. The number of nitrogens with zero attached hydrogens (tertiary/aromatic N) is 2. The second-order valence-corrected chi connectivity index (χ2v) is 7.59. The van der Waals surface area contributed by atoms with Crippen molar-refractivity contribution in [1.82, 2.24) is 4.90 Å². The maximum absolute atomic E-state index is 12.6. The Balaban J connectivity index is 1.52. The summed E-state index contributed by atoms with van der Waals surface area (Å²) in [4.78, 5) is 40.9. The summed E-state index contributed by atoms with van der Waals surface area (Å²) in [5, 5.41) is 3.33. The van der Waals surface area contributed by atoms with Crippen LogP contribution < -0.4 is 10.2 Å². The van der Waals surface area contributed by atoms with Crippen molar-refractivity contribution in [2.24, 2.45) is 0 Å². The quantitative estimate of drug-likeness (QED) is 0.802. The Morgan fingerprint density at radius 2 is 1.75 bits per heavy atom. The summed E-state index contributed by atoms with van der Waals surface area (Å²) in [6.07, 6.45) is 2.20.